The van der Waals surface area contributed by atoms with E-state index in [0.29, 0.717) is 6.61 Å². The Labute approximate surface area is 102 Å². The lowest BCUT2D eigenvalue weighted by atomic mass is 10.1. The molecule has 0 amide bonds. The van der Waals surface area contributed by atoms with Crippen LogP contribution in [0.3, 0.4) is 0 Å². The Balaban J connectivity index is 0.00000128. The fraction of sp³-hybridized carbons (Fsp3) is 0.417. The van der Waals surface area contributed by atoms with Crippen LogP contribution in [0, 0.1) is 0 Å². The van der Waals surface area contributed by atoms with E-state index in [-0.39, 0.29) is 12.4 Å². The summed E-state index contributed by atoms with van der Waals surface area (Å²) in [5, 5.41) is 1.91. The third-order valence-corrected chi connectivity index (χ3v) is 2.38. The average molecular weight is 241 g/mol. The standard InChI is InChI=1S/C12H16N2O.ClH/c1-2-15-14-9-8-13-12(14)10-11-6-4-3-5-7-11;/h3-7H,2,8-10H2,1H3;1H. The van der Waals surface area contributed by atoms with E-state index < -0.39 is 0 Å². The molecule has 0 unspecified atom stereocenters. The number of hydrogen-bond acceptors (Lipinski definition) is 3. The molecule has 0 saturated carbocycles. The van der Waals surface area contributed by atoms with Crippen LogP contribution in [0.1, 0.15) is 12.5 Å². The minimum atomic E-state index is 0. The molecule has 1 heterocycles. The molecule has 0 bridgehead atoms. The SMILES string of the molecule is CCON1CCN=C1Cc1ccccc1.Cl. The summed E-state index contributed by atoms with van der Waals surface area (Å²) in [5.74, 6) is 1.04. The molecule has 0 spiro atoms. The molecule has 0 aliphatic carbocycles. The van der Waals surface area contributed by atoms with Gasteiger partial charge in [0, 0.05) is 6.42 Å². The molecule has 0 aromatic heterocycles. The van der Waals surface area contributed by atoms with E-state index in [9.17, 15) is 0 Å². The lowest BCUT2D eigenvalue weighted by molar-refractivity contribution is -0.0859. The highest BCUT2D eigenvalue weighted by molar-refractivity contribution is 5.85. The second-order valence-corrected chi connectivity index (χ2v) is 3.48. The third-order valence-electron chi connectivity index (χ3n) is 2.38. The van der Waals surface area contributed by atoms with Crippen LogP contribution >= 0.6 is 12.4 Å². The Morgan fingerprint density at radius 1 is 1.31 bits per heavy atom. The highest BCUT2D eigenvalue weighted by Crippen LogP contribution is 2.09. The van der Waals surface area contributed by atoms with Crippen LogP contribution in [0.25, 0.3) is 0 Å². The minimum Gasteiger partial charge on any atom is -0.273 e. The zero-order valence-corrected chi connectivity index (χ0v) is 10.2. The van der Waals surface area contributed by atoms with Gasteiger partial charge >= 0.3 is 0 Å². The lowest BCUT2D eigenvalue weighted by Crippen LogP contribution is -2.29. The van der Waals surface area contributed by atoms with Gasteiger partial charge in [0.15, 0.2) is 0 Å². The van der Waals surface area contributed by atoms with E-state index in [0.717, 1.165) is 25.3 Å². The summed E-state index contributed by atoms with van der Waals surface area (Å²) < 4.78 is 0. The van der Waals surface area contributed by atoms with Crippen molar-refractivity contribution in [1.82, 2.24) is 5.06 Å². The number of amidine groups is 1. The second kappa shape index (κ2) is 6.51. The smallest absolute Gasteiger partial charge is 0.128 e. The molecule has 4 heteroatoms. The van der Waals surface area contributed by atoms with Crippen molar-refractivity contribution in [3.05, 3.63) is 35.9 Å². The first-order valence-corrected chi connectivity index (χ1v) is 5.38. The molecule has 1 aliphatic rings. The highest BCUT2D eigenvalue weighted by Gasteiger charge is 2.16. The molecule has 1 aliphatic heterocycles. The summed E-state index contributed by atoms with van der Waals surface area (Å²) in [4.78, 5) is 9.94. The molecule has 3 nitrogen and oxygen atoms in total. The topological polar surface area (TPSA) is 24.8 Å². The van der Waals surface area contributed by atoms with Gasteiger partial charge in [-0.15, -0.1) is 12.4 Å². The number of nitrogens with zero attached hydrogens (tertiary/aromatic N) is 2. The Morgan fingerprint density at radius 3 is 2.75 bits per heavy atom. The molecule has 0 saturated heterocycles. The van der Waals surface area contributed by atoms with Crippen LogP contribution in [0.2, 0.25) is 0 Å². The van der Waals surface area contributed by atoms with Crippen molar-refractivity contribution in [1.29, 1.82) is 0 Å². The summed E-state index contributed by atoms with van der Waals surface area (Å²) in [6.07, 6.45) is 0.862. The zero-order chi connectivity index (χ0) is 10.5. The number of hydroxylamine groups is 2. The van der Waals surface area contributed by atoms with Crippen LogP contribution in [0.15, 0.2) is 35.3 Å². The summed E-state index contributed by atoms with van der Waals surface area (Å²) in [6.45, 7) is 4.43. The van der Waals surface area contributed by atoms with Gasteiger partial charge in [0.05, 0.1) is 19.7 Å². The molecule has 1 aromatic rings. The first-order valence-electron chi connectivity index (χ1n) is 5.38. The Morgan fingerprint density at radius 2 is 2.06 bits per heavy atom. The van der Waals surface area contributed by atoms with E-state index in [1.54, 1.807) is 0 Å². The molecule has 2 rings (SSSR count). The largest absolute Gasteiger partial charge is 0.273 e. The van der Waals surface area contributed by atoms with Crippen molar-refractivity contribution in [2.24, 2.45) is 4.99 Å². The predicted molar refractivity (Wildman–Crippen MR) is 68.0 cm³/mol. The fourth-order valence-corrected chi connectivity index (χ4v) is 1.70. The van der Waals surface area contributed by atoms with Crippen LogP contribution in [-0.4, -0.2) is 30.6 Å². The highest BCUT2D eigenvalue weighted by atomic mass is 35.5. The normalized spacial score (nSPS) is 14.6. The molecular formula is C12H17ClN2O. The van der Waals surface area contributed by atoms with Crippen molar-refractivity contribution in [2.75, 3.05) is 19.7 Å². The fourth-order valence-electron chi connectivity index (χ4n) is 1.70. The van der Waals surface area contributed by atoms with E-state index in [2.05, 4.69) is 29.3 Å². The van der Waals surface area contributed by atoms with Crippen molar-refractivity contribution >= 4 is 18.2 Å². The van der Waals surface area contributed by atoms with Crippen LogP contribution in [0.5, 0.6) is 0 Å². The minimum absolute atomic E-state index is 0. The number of rotatable bonds is 4. The molecule has 16 heavy (non-hydrogen) atoms. The van der Waals surface area contributed by atoms with Crippen LogP contribution in [0.4, 0.5) is 0 Å². The quantitative estimate of drug-likeness (QED) is 0.807. The van der Waals surface area contributed by atoms with Gasteiger partial charge < -0.3 is 0 Å². The van der Waals surface area contributed by atoms with Gasteiger partial charge in [-0.1, -0.05) is 30.3 Å². The summed E-state index contributed by atoms with van der Waals surface area (Å²) >= 11 is 0. The number of benzene rings is 1. The molecule has 0 N–H and O–H groups in total. The van der Waals surface area contributed by atoms with Crippen LogP contribution in [-0.2, 0) is 11.3 Å². The maximum Gasteiger partial charge on any atom is 0.128 e. The Hall–Kier alpha value is -1.06. The van der Waals surface area contributed by atoms with Crippen molar-refractivity contribution in [3.63, 3.8) is 0 Å². The van der Waals surface area contributed by atoms with Gasteiger partial charge in [-0.05, 0) is 12.5 Å². The van der Waals surface area contributed by atoms with Crippen molar-refractivity contribution in [3.8, 4) is 0 Å². The lowest BCUT2D eigenvalue weighted by Gasteiger charge is -2.18. The van der Waals surface area contributed by atoms with Crippen molar-refractivity contribution < 1.29 is 4.84 Å². The molecule has 1 aromatic carbocycles. The van der Waals surface area contributed by atoms with Gasteiger partial charge in [-0.2, -0.15) is 0 Å². The zero-order valence-electron chi connectivity index (χ0n) is 9.43. The van der Waals surface area contributed by atoms with E-state index in [4.69, 9.17) is 4.84 Å². The van der Waals surface area contributed by atoms with Gasteiger partial charge in [0.25, 0.3) is 0 Å². The van der Waals surface area contributed by atoms with Gasteiger partial charge in [0.2, 0.25) is 0 Å². The van der Waals surface area contributed by atoms with Gasteiger partial charge in [0.1, 0.15) is 5.84 Å². The predicted octanol–water partition coefficient (Wildman–Crippen LogP) is 2.32. The third kappa shape index (κ3) is 3.22. The average Bonchev–Trinajstić information content (AvgIpc) is 2.68. The molecule has 0 atom stereocenters. The first-order chi connectivity index (χ1) is 7.40. The number of halogens is 1. The summed E-state index contributed by atoms with van der Waals surface area (Å²) in [7, 11) is 0. The summed E-state index contributed by atoms with van der Waals surface area (Å²) in [5.41, 5.74) is 1.28. The number of hydrogen-bond donors (Lipinski definition) is 0. The first kappa shape index (κ1) is 13.0. The molecule has 88 valence electrons. The monoisotopic (exact) mass is 240 g/mol. The van der Waals surface area contributed by atoms with E-state index in [1.165, 1.54) is 5.56 Å². The Kier molecular flexibility index (Phi) is 5.29. The van der Waals surface area contributed by atoms with Crippen LogP contribution < -0.4 is 0 Å². The molecular weight excluding hydrogens is 224 g/mol. The van der Waals surface area contributed by atoms with Crippen molar-refractivity contribution in [2.45, 2.75) is 13.3 Å². The second-order valence-electron chi connectivity index (χ2n) is 3.48. The summed E-state index contributed by atoms with van der Waals surface area (Å²) in [6, 6.07) is 10.4. The van der Waals surface area contributed by atoms with E-state index in [1.807, 2.05) is 18.1 Å². The molecule has 0 radical (unpaired) electrons. The van der Waals surface area contributed by atoms with Gasteiger partial charge in [-0.3, -0.25) is 9.83 Å². The molecule has 0 fully saturated rings. The number of aliphatic imine (C=N–C) groups is 1. The Bertz CT molecular complexity index is 340. The van der Waals surface area contributed by atoms with E-state index >= 15 is 0 Å². The maximum atomic E-state index is 5.49. The maximum absolute atomic E-state index is 5.49. The van der Waals surface area contributed by atoms with Gasteiger partial charge in [-0.25, -0.2) is 5.06 Å².